The summed E-state index contributed by atoms with van der Waals surface area (Å²) in [5.74, 6) is -0.163. The van der Waals surface area contributed by atoms with Crippen molar-refractivity contribution in [2.45, 2.75) is 39.2 Å². The molecule has 0 aliphatic carbocycles. The van der Waals surface area contributed by atoms with E-state index in [0.29, 0.717) is 28.0 Å². The first-order valence-electron chi connectivity index (χ1n) is 10.6. The van der Waals surface area contributed by atoms with E-state index < -0.39 is 12.1 Å². The quantitative estimate of drug-likeness (QED) is 0.445. The van der Waals surface area contributed by atoms with Crippen molar-refractivity contribution in [3.05, 3.63) is 62.6 Å². The Morgan fingerprint density at radius 1 is 1.27 bits per heavy atom. The van der Waals surface area contributed by atoms with Crippen LogP contribution in [0.1, 0.15) is 44.5 Å². The van der Waals surface area contributed by atoms with E-state index >= 15 is 0 Å². The summed E-state index contributed by atoms with van der Waals surface area (Å²) < 4.78 is 7.76. The second-order valence-corrected chi connectivity index (χ2v) is 8.93. The van der Waals surface area contributed by atoms with Crippen LogP contribution in [-0.2, 0) is 4.79 Å². The summed E-state index contributed by atoms with van der Waals surface area (Å²) in [4.78, 5) is 31.2. The average Bonchev–Trinajstić information content (AvgIpc) is 2.78. The predicted octanol–water partition coefficient (Wildman–Crippen LogP) is 4.47. The van der Waals surface area contributed by atoms with Crippen LogP contribution in [0.2, 0.25) is 0 Å². The van der Waals surface area contributed by atoms with Crippen molar-refractivity contribution in [3.63, 3.8) is 0 Å². The molecule has 3 aromatic rings. The van der Waals surface area contributed by atoms with E-state index in [0.717, 1.165) is 16.6 Å². The molecule has 1 heterocycles. The lowest BCUT2D eigenvalue weighted by Gasteiger charge is -2.18. The molecule has 1 N–H and O–H groups in total. The van der Waals surface area contributed by atoms with E-state index in [9.17, 15) is 14.7 Å². The highest BCUT2D eigenvalue weighted by atomic mass is 79.9. The largest absolute Gasteiger partial charge is 0.479 e. The van der Waals surface area contributed by atoms with Crippen LogP contribution in [0.25, 0.3) is 10.9 Å². The molecule has 8 nitrogen and oxygen atoms in total. The van der Waals surface area contributed by atoms with Crippen molar-refractivity contribution >= 4 is 44.7 Å². The number of ether oxygens (including phenoxy) is 1. The standard InChI is InChI=1S/C24H27BrN4O4/c1-6-14(2)22-27-20-10-8-17(25)11-19(20)23(30)29(22)26-13-16-7-9-18(28(4)5)12-21(16)33-15(3)24(31)32/h7-15H,6H2,1-5H3,(H,31,32)/t14-,15+/m0/s1. The van der Waals surface area contributed by atoms with Gasteiger partial charge in [-0.1, -0.05) is 29.8 Å². The van der Waals surface area contributed by atoms with E-state index in [-0.39, 0.29) is 11.5 Å². The number of carboxylic acids is 1. The second-order valence-electron chi connectivity index (χ2n) is 8.02. The van der Waals surface area contributed by atoms with Crippen molar-refractivity contribution in [2.75, 3.05) is 19.0 Å². The predicted molar refractivity (Wildman–Crippen MR) is 134 cm³/mol. The highest BCUT2D eigenvalue weighted by molar-refractivity contribution is 9.10. The maximum Gasteiger partial charge on any atom is 0.344 e. The minimum Gasteiger partial charge on any atom is -0.479 e. The zero-order chi connectivity index (χ0) is 24.3. The molecule has 174 valence electrons. The first-order valence-corrected chi connectivity index (χ1v) is 11.4. The molecule has 0 aliphatic rings. The molecule has 0 saturated heterocycles. The Hall–Kier alpha value is -3.20. The number of hydrogen-bond donors (Lipinski definition) is 1. The third-order valence-corrected chi connectivity index (χ3v) is 5.86. The molecule has 2 atom stereocenters. The van der Waals surface area contributed by atoms with Gasteiger partial charge in [-0.15, -0.1) is 0 Å². The van der Waals surface area contributed by atoms with Crippen molar-refractivity contribution in [1.29, 1.82) is 0 Å². The fourth-order valence-electron chi connectivity index (χ4n) is 3.15. The van der Waals surface area contributed by atoms with Gasteiger partial charge in [0.1, 0.15) is 11.6 Å². The fourth-order valence-corrected chi connectivity index (χ4v) is 3.51. The van der Waals surface area contributed by atoms with Crippen LogP contribution < -0.4 is 15.2 Å². The number of hydrogen-bond acceptors (Lipinski definition) is 6. The maximum absolute atomic E-state index is 13.3. The number of carboxylic acid groups (broad SMARTS) is 1. The molecule has 9 heteroatoms. The van der Waals surface area contributed by atoms with Crippen LogP contribution in [0, 0.1) is 0 Å². The van der Waals surface area contributed by atoms with Crippen LogP contribution in [0.5, 0.6) is 5.75 Å². The lowest BCUT2D eigenvalue weighted by Crippen LogP contribution is -2.24. The Kier molecular flexibility index (Phi) is 7.53. The van der Waals surface area contributed by atoms with E-state index in [2.05, 4.69) is 21.0 Å². The SMILES string of the molecule is CC[C@H](C)c1nc2ccc(Br)cc2c(=O)n1N=Cc1ccc(N(C)C)cc1O[C@H](C)C(=O)O. The number of nitrogens with zero attached hydrogens (tertiary/aromatic N) is 4. The number of aromatic nitrogens is 2. The zero-order valence-electron chi connectivity index (χ0n) is 19.2. The second kappa shape index (κ2) is 10.2. The summed E-state index contributed by atoms with van der Waals surface area (Å²) in [7, 11) is 3.76. The van der Waals surface area contributed by atoms with Crippen LogP contribution in [-0.4, -0.2) is 47.1 Å². The molecule has 0 unspecified atom stereocenters. The van der Waals surface area contributed by atoms with Gasteiger partial charge in [-0.25, -0.2) is 9.78 Å². The van der Waals surface area contributed by atoms with Crippen LogP contribution in [0.4, 0.5) is 5.69 Å². The summed E-state index contributed by atoms with van der Waals surface area (Å²) >= 11 is 3.41. The molecule has 0 spiro atoms. The van der Waals surface area contributed by atoms with Gasteiger partial charge < -0.3 is 14.7 Å². The van der Waals surface area contributed by atoms with E-state index in [1.807, 2.05) is 45.0 Å². The summed E-state index contributed by atoms with van der Waals surface area (Å²) in [5.41, 5.74) is 1.72. The molecule has 0 fully saturated rings. The maximum atomic E-state index is 13.3. The number of halogens is 1. The number of fused-ring (bicyclic) bond motifs is 1. The van der Waals surface area contributed by atoms with Crippen molar-refractivity contribution in [1.82, 2.24) is 9.66 Å². The lowest BCUT2D eigenvalue weighted by atomic mass is 10.1. The molecule has 0 bridgehead atoms. The van der Waals surface area contributed by atoms with Gasteiger partial charge in [-0.3, -0.25) is 4.79 Å². The normalized spacial score (nSPS) is 13.3. The van der Waals surface area contributed by atoms with Gasteiger partial charge in [0.05, 0.1) is 17.1 Å². The van der Waals surface area contributed by atoms with Gasteiger partial charge in [0.25, 0.3) is 5.56 Å². The van der Waals surface area contributed by atoms with E-state index in [4.69, 9.17) is 9.72 Å². The van der Waals surface area contributed by atoms with E-state index in [1.54, 1.807) is 24.3 Å². The van der Waals surface area contributed by atoms with Crippen LogP contribution in [0.15, 0.2) is 50.8 Å². The minimum atomic E-state index is -1.08. The number of carbonyl (C=O) groups is 1. The minimum absolute atomic E-state index is 0.00164. The number of anilines is 1. The van der Waals surface area contributed by atoms with Gasteiger partial charge >= 0.3 is 5.97 Å². The smallest absolute Gasteiger partial charge is 0.344 e. The molecule has 33 heavy (non-hydrogen) atoms. The Labute approximate surface area is 200 Å². The van der Waals surface area contributed by atoms with Crippen molar-refractivity contribution < 1.29 is 14.6 Å². The van der Waals surface area contributed by atoms with Gasteiger partial charge in [-0.2, -0.15) is 9.78 Å². The molecule has 0 aliphatic heterocycles. The number of aliphatic carboxylic acids is 1. The molecule has 0 saturated carbocycles. The molecule has 0 amide bonds. The van der Waals surface area contributed by atoms with Gasteiger partial charge in [-0.05, 0) is 43.7 Å². The van der Waals surface area contributed by atoms with Crippen molar-refractivity contribution in [2.24, 2.45) is 5.10 Å². The molecule has 3 rings (SSSR count). The lowest BCUT2D eigenvalue weighted by molar-refractivity contribution is -0.144. The highest BCUT2D eigenvalue weighted by Crippen LogP contribution is 2.26. The first kappa shape index (κ1) is 24.4. The molecule has 2 aromatic carbocycles. The number of rotatable bonds is 8. The van der Waals surface area contributed by atoms with Gasteiger partial charge in [0.2, 0.25) is 0 Å². The average molecular weight is 515 g/mol. The fraction of sp³-hybridized carbons (Fsp3) is 0.333. The summed E-state index contributed by atoms with van der Waals surface area (Å²) in [5, 5.41) is 14.2. The zero-order valence-corrected chi connectivity index (χ0v) is 20.8. The monoisotopic (exact) mass is 514 g/mol. The van der Waals surface area contributed by atoms with Crippen LogP contribution >= 0.6 is 15.9 Å². The van der Waals surface area contributed by atoms with Gasteiger partial charge in [0, 0.05) is 41.8 Å². The molecule has 1 aromatic heterocycles. The van der Waals surface area contributed by atoms with Crippen LogP contribution in [0.3, 0.4) is 0 Å². The first-order chi connectivity index (χ1) is 15.6. The summed E-state index contributed by atoms with van der Waals surface area (Å²) in [6.07, 6.45) is 1.24. The Balaban J connectivity index is 2.15. The van der Waals surface area contributed by atoms with Crippen molar-refractivity contribution in [3.8, 4) is 5.75 Å². The van der Waals surface area contributed by atoms with Gasteiger partial charge in [0.15, 0.2) is 6.10 Å². The topological polar surface area (TPSA) is 97.0 Å². The Morgan fingerprint density at radius 3 is 2.64 bits per heavy atom. The molecular formula is C24H27BrN4O4. The molecule has 0 radical (unpaired) electrons. The summed E-state index contributed by atoms with van der Waals surface area (Å²) in [6, 6.07) is 10.8. The summed E-state index contributed by atoms with van der Waals surface area (Å²) in [6.45, 7) is 5.48. The van der Waals surface area contributed by atoms with E-state index in [1.165, 1.54) is 17.8 Å². The Morgan fingerprint density at radius 2 is 2.00 bits per heavy atom. The third kappa shape index (κ3) is 5.42. The third-order valence-electron chi connectivity index (χ3n) is 5.36. The highest BCUT2D eigenvalue weighted by Gasteiger charge is 2.17. The molecular weight excluding hydrogens is 488 g/mol. The number of benzene rings is 2. The Bertz CT molecular complexity index is 1270.